The van der Waals surface area contributed by atoms with Crippen molar-refractivity contribution in [3.05, 3.63) is 109 Å². The summed E-state index contributed by atoms with van der Waals surface area (Å²) in [7, 11) is 0. The van der Waals surface area contributed by atoms with Crippen molar-refractivity contribution in [2.45, 2.75) is 0 Å². The lowest BCUT2D eigenvalue weighted by molar-refractivity contribution is 0.620. The molecule has 1 nitrogen and oxygen atoms in total. The predicted octanol–water partition coefficient (Wildman–Crippen LogP) is 8.71. The highest BCUT2D eigenvalue weighted by atomic mass is 16.3. The molecule has 0 aliphatic heterocycles. The van der Waals surface area contributed by atoms with E-state index in [9.17, 15) is 0 Å². The molecule has 7 aromatic rings. The Labute approximate surface area is 190 Å². The van der Waals surface area contributed by atoms with Crippen LogP contribution in [0.5, 0.6) is 0 Å². The van der Waals surface area contributed by atoms with E-state index in [4.69, 9.17) is 15.4 Å². The highest BCUT2D eigenvalue weighted by Crippen LogP contribution is 2.40. The second kappa shape index (κ2) is 6.20. The van der Waals surface area contributed by atoms with Gasteiger partial charge in [0.05, 0.1) is 17.2 Å². The summed E-state index contributed by atoms with van der Waals surface area (Å²) in [5.74, 6) is 0. The summed E-state index contributed by atoms with van der Waals surface area (Å²) in [6.45, 7) is 0. The Kier molecular flexibility index (Phi) is 2.16. The predicted molar refractivity (Wildman–Crippen MR) is 132 cm³/mol. The maximum atomic E-state index is 8.88. The van der Waals surface area contributed by atoms with Crippen molar-refractivity contribution in [2.75, 3.05) is 0 Å². The number of fused-ring (bicyclic) bond motifs is 7. The quantitative estimate of drug-likeness (QED) is 0.198. The minimum absolute atomic E-state index is 0.0139. The van der Waals surface area contributed by atoms with Crippen LogP contribution >= 0.6 is 0 Å². The molecule has 0 N–H and O–H groups in total. The maximum absolute atomic E-state index is 8.88. The third-order valence-electron chi connectivity index (χ3n) is 5.90. The Morgan fingerprint density at radius 3 is 2.32 bits per heavy atom. The van der Waals surface area contributed by atoms with Gasteiger partial charge in [0, 0.05) is 16.3 Å². The Hall–Kier alpha value is -4.10. The zero-order valence-corrected chi connectivity index (χ0v) is 16.2. The lowest BCUT2D eigenvalue weighted by Crippen LogP contribution is -1.83. The molecular formula is C30H18O. The summed E-state index contributed by atoms with van der Waals surface area (Å²) in [6.07, 6.45) is 1.52. The number of furan rings is 1. The van der Waals surface area contributed by atoms with E-state index in [1.807, 2.05) is 48.5 Å². The van der Waals surface area contributed by atoms with E-state index in [0.717, 1.165) is 21.5 Å². The topological polar surface area (TPSA) is 13.1 Å². The molecule has 0 fully saturated rings. The highest BCUT2D eigenvalue weighted by Gasteiger charge is 2.14. The first-order valence-electron chi connectivity index (χ1n) is 14.0. The molecule has 0 atom stereocenters. The van der Waals surface area contributed by atoms with Gasteiger partial charge in [0.25, 0.3) is 0 Å². The molecule has 1 heteroatoms. The molecule has 0 spiro atoms. The normalized spacial score (nSPS) is 15.5. The highest BCUT2D eigenvalue weighted by molar-refractivity contribution is 6.19. The Balaban J connectivity index is 1.64. The van der Waals surface area contributed by atoms with Gasteiger partial charge in [-0.05, 0) is 67.5 Å². The molecule has 0 saturated heterocycles. The van der Waals surface area contributed by atoms with Gasteiger partial charge in [-0.2, -0.15) is 0 Å². The lowest BCUT2D eigenvalue weighted by atomic mass is 9.94. The molecule has 0 aliphatic rings. The summed E-state index contributed by atoms with van der Waals surface area (Å²) >= 11 is 0. The van der Waals surface area contributed by atoms with E-state index in [-0.39, 0.29) is 58.0 Å². The zero-order valence-electron chi connectivity index (χ0n) is 24.2. The lowest BCUT2D eigenvalue weighted by Gasteiger charge is -2.08. The van der Waals surface area contributed by atoms with Crippen LogP contribution in [0.1, 0.15) is 11.0 Å². The van der Waals surface area contributed by atoms with E-state index in [2.05, 4.69) is 0 Å². The number of rotatable bonds is 1. The molecular weight excluding hydrogens is 376 g/mol. The molecule has 0 unspecified atom stereocenters. The first-order chi connectivity index (χ1) is 18.7. The fourth-order valence-electron chi connectivity index (χ4n) is 4.44. The summed E-state index contributed by atoms with van der Waals surface area (Å²) in [6, 6.07) is 14.7. The molecule has 0 amide bonds. The Morgan fingerprint density at radius 2 is 1.35 bits per heavy atom. The van der Waals surface area contributed by atoms with E-state index in [1.54, 1.807) is 0 Å². The van der Waals surface area contributed by atoms with Crippen molar-refractivity contribution in [3.63, 3.8) is 0 Å². The number of hydrogen-bond donors (Lipinski definition) is 0. The van der Waals surface area contributed by atoms with Crippen LogP contribution in [0.3, 0.4) is 0 Å². The molecule has 144 valence electrons. The van der Waals surface area contributed by atoms with Crippen molar-refractivity contribution in [1.82, 2.24) is 0 Å². The molecule has 1 aromatic heterocycles. The molecule has 7 rings (SSSR count). The number of hydrogen-bond acceptors (Lipinski definition) is 1. The molecule has 1 heterocycles. The van der Waals surface area contributed by atoms with Gasteiger partial charge in [-0.25, -0.2) is 0 Å². The van der Waals surface area contributed by atoms with Gasteiger partial charge in [-0.1, -0.05) is 78.7 Å². The summed E-state index contributed by atoms with van der Waals surface area (Å²) in [4.78, 5) is 0. The van der Waals surface area contributed by atoms with E-state index in [0.29, 0.717) is 21.9 Å². The summed E-state index contributed by atoms with van der Waals surface area (Å²) in [5.41, 5.74) is 1.41. The van der Waals surface area contributed by atoms with Crippen LogP contribution in [-0.2, 0) is 0 Å². The van der Waals surface area contributed by atoms with Crippen LogP contribution in [0, 0.1) is 0 Å². The van der Waals surface area contributed by atoms with Gasteiger partial charge >= 0.3 is 0 Å². The van der Waals surface area contributed by atoms with Gasteiger partial charge in [0.15, 0.2) is 0 Å². The second-order valence-corrected chi connectivity index (χ2v) is 7.57. The zero-order chi connectivity index (χ0) is 27.3. The van der Waals surface area contributed by atoms with Crippen molar-refractivity contribution in [3.8, 4) is 11.1 Å². The molecule has 0 saturated carbocycles. The van der Waals surface area contributed by atoms with Crippen molar-refractivity contribution < 1.29 is 15.4 Å². The van der Waals surface area contributed by atoms with Gasteiger partial charge in [-0.3, -0.25) is 0 Å². The standard InChI is InChI=1S/C30H18O/c1-2-8-21-17-28-22(16-20(21)7-1)9-5-11-24(28)29-18-31-30-26-13-12-19-6-3-4-10-23(19)25(26)14-15-27(29)30/h1-18H/i1D,2D,5D,7D,8D,9D,11D,16D. The van der Waals surface area contributed by atoms with Crippen LogP contribution in [0.15, 0.2) is 114 Å². The molecule has 0 radical (unpaired) electrons. The van der Waals surface area contributed by atoms with Crippen LogP contribution in [-0.4, -0.2) is 0 Å². The molecule has 0 aliphatic carbocycles. The first-order valence-corrected chi connectivity index (χ1v) is 9.95. The fraction of sp³-hybridized carbons (Fsp3) is 0. The van der Waals surface area contributed by atoms with Crippen LogP contribution in [0.25, 0.3) is 65.2 Å². The SMILES string of the molecule is [2H]c1c([2H])c([2H])c2c([2H])c3c([2H])c([2H])c([2H])c(-c4coc5c4ccc4c6ccccc6ccc45)c3cc2c1[2H]. The maximum Gasteiger partial charge on any atom is 0.142 e. The minimum Gasteiger partial charge on any atom is -0.463 e. The fourth-order valence-corrected chi connectivity index (χ4v) is 4.44. The van der Waals surface area contributed by atoms with Crippen molar-refractivity contribution >= 4 is 54.1 Å². The average molecular weight is 403 g/mol. The summed E-state index contributed by atoms with van der Waals surface area (Å²) in [5, 5.41) is 5.24. The molecule has 0 bridgehead atoms. The van der Waals surface area contributed by atoms with Crippen molar-refractivity contribution in [2.24, 2.45) is 0 Å². The van der Waals surface area contributed by atoms with Crippen LogP contribution in [0.2, 0.25) is 0 Å². The smallest absolute Gasteiger partial charge is 0.142 e. The largest absolute Gasteiger partial charge is 0.463 e. The monoisotopic (exact) mass is 402 g/mol. The summed E-state index contributed by atoms with van der Waals surface area (Å²) < 4.78 is 73.9. The minimum atomic E-state index is -0.462. The molecule has 31 heavy (non-hydrogen) atoms. The Morgan fingerprint density at radius 1 is 0.548 bits per heavy atom. The first kappa shape index (κ1) is 10.8. The van der Waals surface area contributed by atoms with Gasteiger partial charge in [-0.15, -0.1) is 0 Å². The van der Waals surface area contributed by atoms with E-state index < -0.39 is 12.1 Å². The average Bonchev–Trinajstić information content (AvgIpc) is 3.37. The second-order valence-electron chi connectivity index (χ2n) is 7.57. The third-order valence-corrected chi connectivity index (χ3v) is 5.90. The van der Waals surface area contributed by atoms with Gasteiger partial charge in [0.1, 0.15) is 5.58 Å². The Bertz CT molecular complexity index is 2210. The van der Waals surface area contributed by atoms with Crippen LogP contribution < -0.4 is 0 Å². The van der Waals surface area contributed by atoms with Gasteiger partial charge < -0.3 is 4.42 Å². The van der Waals surface area contributed by atoms with Gasteiger partial charge in [0.2, 0.25) is 0 Å². The third kappa shape index (κ3) is 2.38. The number of benzene rings is 6. The molecule has 6 aromatic carbocycles. The van der Waals surface area contributed by atoms with E-state index >= 15 is 0 Å². The van der Waals surface area contributed by atoms with E-state index in [1.165, 1.54) is 12.3 Å². The van der Waals surface area contributed by atoms with Crippen molar-refractivity contribution in [1.29, 1.82) is 0 Å². The van der Waals surface area contributed by atoms with Crippen LogP contribution in [0.4, 0.5) is 0 Å².